The predicted octanol–water partition coefficient (Wildman–Crippen LogP) is 0.0769. The number of β-lactam (4-membered cyclic amide) rings is 1. The van der Waals surface area contributed by atoms with E-state index in [0.717, 1.165) is 0 Å². The summed E-state index contributed by atoms with van der Waals surface area (Å²) in [5.41, 5.74) is 5.21. The molecule has 2 aliphatic rings. The number of hydrogen-bond acceptors (Lipinski definition) is 6. The number of carboxylic acid groups (broad SMARTS) is 1. The Morgan fingerprint density at radius 1 is 1.67 bits per heavy atom. The van der Waals surface area contributed by atoms with Gasteiger partial charge in [-0.2, -0.15) is 0 Å². The summed E-state index contributed by atoms with van der Waals surface area (Å²) >= 11 is 1.36. The van der Waals surface area contributed by atoms with Gasteiger partial charge in [0.15, 0.2) is 0 Å². The molecule has 0 aromatic heterocycles. The average Bonchev–Trinajstić information content (AvgIpc) is 2.43. The number of carboxylic acids is 1. The van der Waals surface area contributed by atoms with E-state index in [1.165, 1.54) is 23.6 Å². The largest absolute Gasteiger partial charge is 0.477 e. The second kappa shape index (κ2) is 5.53. The van der Waals surface area contributed by atoms with E-state index in [-0.39, 0.29) is 18.7 Å². The number of carbonyl (C=O) groups excluding carboxylic acids is 2. The maximum atomic E-state index is 12.2. The highest BCUT2D eigenvalue weighted by Gasteiger charge is 2.61. The molecule has 114 valence electrons. The molecule has 1 saturated heterocycles. The molecule has 2 rings (SSSR count). The molecular weight excluding hydrogens is 296 g/mol. The fraction of sp³-hybridized carbons (Fsp3) is 0.462. The highest BCUT2D eigenvalue weighted by molar-refractivity contribution is 8.00. The number of nitrogens with zero attached hydrogens (tertiary/aromatic N) is 1. The van der Waals surface area contributed by atoms with Gasteiger partial charge in [-0.25, -0.2) is 4.79 Å². The maximum Gasteiger partial charge on any atom is 0.352 e. The number of thioether (sulfide) groups is 1. The zero-order valence-electron chi connectivity index (χ0n) is 11.5. The predicted molar refractivity (Wildman–Crippen MR) is 76.1 cm³/mol. The van der Waals surface area contributed by atoms with Gasteiger partial charge in [0.25, 0.3) is 5.91 Å². The van der Waals surface area contributed by atoms with Crippen molar-refractivity contribution in [3.8, 4) is 0 Å². The summed E-state index contributed by atoms with van der Waals surface area (Å²) < 4.78 is 4.85. The molecule has 8 heteroatoms. The van der Waals surface area contributed by atoms with Gasteiger partial charge in [-0.3, -0.25) is 14.5 Å². The van der Waals surface area contributed by atoms with E-state index in [9.17, 15) is 19.5 Å². The number of fused-ring (bicyclic) bond motifs is 1. The van der Waals surface area contributed by atoms with E-state index in [4.69, 9.17) is 10.5 Å². The van der Waals surface area contributed by atoms with Crippen LogP contribution in [0.2, 0.25) is 0 Å². The summed E-state index contributed by atoms with van der Waals surface area (Å²) in [4.78, 5) is 35.7. The van der Waals surface area contributed by atoms with Crippen LogP contribution in [0.25, 0.3) is 0 Å². The molecule has 0 aliphatic carbocycles. The fourth-order valence-electron chi connectivity index (χ4n) is 2.44. The standard InChI is InChI=1S/C13H16N2O5S/c1-3-4-13(14)11(19)15-9(10(17)18)8(5-20-7(2)16)6-21-12(13)15/h3,12H,1,4-6,14H2,2H3,(H,17,18)/t12-,13?/m1/s1. The van der Waals surface area contributed by atoms with Gasteiger partial charge in [0.2, 0.25) is 0 Å². The van der Waals surface area contributed by atoms with Crippen molar-refractivity contribution >= 4 is 29.6 Å². The third-order valence-electron chi connectivity index (χ3n) is 3.42. The minimum Gasteiger partial charge on any atom is -0.477 e. The van der Waals surface area contributed by atoms with Gasteiger partial charge in [0.05, 0.1) is 0 Å². The topological polar surface area (TPSA) is 110 Å². The summed E-state index contributed by atoms with van der Waals surface area (Å²) in [7, 11) is 0. The molecule has 0 aromatic carbocycles. The zero-order chi connectivity index (χ0) is 15.8. The Balaban J connectivity index is 2.30. The normalized spacial score (nSPS) is 27.8. The number of rotatable bonds is 5. The Kier molecular flexibility index (Phi) is 4.11. The van der Waals surface area contributed by atoms with Crippen LogP contribution in [0.15, 0.2) is 23.9 Å². The SMILES string of the molecule is C=CCC1(N)C(=O)N2C(C(=O)O)=C(COC(C)=O)CS[C@@H]21. The number of nitrogens with two attached hydrogens (primary N) is 1. The van der Waals surface area contributed by atoms with Crippen LogP contribution in [0.3, 0.4) is 0 Å². The Morgan fingerprint density at radius 2 is 2.33 bits per heavy atom. The van der Waals surface area contributed by atoms with Crippen LogP contribution in [-0.2, 0) is 19.1 Å². The summed E-state index contributed by atoms with van der Waals surface area (Å²) in [5.74, 6) is -1.83. The lowest BCUT2D eigenvalue weighted by Gasteiger charge is -2.55. The highest BCUT2D eigenvalue weighted by atomic mass is 32.2. The minimum atomic E-state index is -1.23. The lowest BCUT2D eigenvalue weighted by molar-refractivity contribution is -0.154. The first-order valence-electron chi connectivity index (χ1n) is 6.26. The fourth-order valence-corrected chi connectivity index (χ4v) is 3.86. The van der Waals surface area contributed by atoms with Crippen LogP contribution in [0.5, 0.6) is 0 Å². The third-order valence-corrected chi connectivity index (χ3v) is 4.88. The molecule has 3 N–H and O–H groups in total. The third kappa shape index (κ3) is 2.44. The van der Waals surface area contributed by atoms with Gasteiger partial charge in [0.1, 0.15) is 23.2 Å². The highest BCUT2D eigenvalue weighted by Crippen LogP contribution is 2.46. The molecule has 1 amide bonds. The molecule has 2 aliphatic heterocycles. The number of amides is 1. The lowest BCUT2D eigenvalue weighted by Crippen LogP contribution is -2.77. The van der Waals surface area contributed by atoms with Crippen LogP contribution in [0, 0.1) is 0 Å². The van der Waals surface area contributed by atoms with Gasteiger partial charge >= 0.3 is 11.9 Å². The van der Waals surface area contributed by atoms with E-state index in [0.29, 0.717) is 11.3 Å². The molecule has 0 aromatic rings. The Hall–Kier alpha value is -1.80. The van der Waals surface area contributed by atoms with Crippen molar-refractivity contribution in [2.24, 2.45) is 5.73 Å². The van der Waals surface area contributed by atoms with E-state index in [2.05, 4.69) is 6.58 Å². The van der Waals surface area contributed by atoms with Crippen molar-refractivity contribution in [3.05, 3.63) is 23.9 Å². The van der Waals surface area contributed by atoms with Crippen LogP contribution < -0.4 is 5.73 Å². The second-order valence-electron chi connectivity index (χ2n) is 4.91. The van der Waals surface area contributed by atoms with E-state index < -0.39 is 28.8 Å². The second-order valence-corrected chi connectivity index (χ2v) is 5.98. The van der Waals surface area contributed by atoms with Crippen LogP contribution in [-0.4, -0.2) is 51.1 Å². The summed E-state index contributed by atoms with van der Waals surface area (Å²) in [6.07, 6.45) is 1.83. The van der Waals surface area contributed by atoms with Crippen molar-refractivity contribution in [3.63, 3.8) is 0 Å². The monoisotopic (exact) mass is 312 g/mol. The van der Waals surface area contributed by atoms with Gasteiger partial charge in [-0.05, 0) is 6.42 Å². The maximum absolute atomic E-state index is 12.2. The molecule has 1 fully saturated rings. The Bertz CT molecular complexity index is 559. The molecule has 1 unspecified atom stereocenters. The molecule has 2 atom stereocenters. The van der Waals surface area contributed by atoms with Gasteiger partial charge in [-0.15, -0.1) is 18.3 Å². The zero-order valence-corrected chi connectivity index (χ0v) is 12.3. The molecule has 2 heterocycles. The molecule has 0 bridgehead atoms. The minimum absolute atomic E-state index is 0.130. The van der Waals surface area contributed by atoms with Crippen LogP contribution in [0.4, 0.5) is 0 Å². The Labute approximate surface area is 125 Å². The smallest absolute Gasteiger partial charge is 0.352 e. The molecule has 0 radical (unpaired) electrons. The number of ether oxygens (including phenoxy) is 1. The molecular formula is C13H16N2O5S. The Morgan fingerprint density at radius 3 is 2.86 bits per heavy atom. The molecule has 21 heavy (non-hydrogen) atoms. The first-order chi connectivity index (χ1) is 9.82. The lowest BCUT2D eigenvalue weighted by atomic mass is 9.84. The van der Waals surface area contributed by atoms with E-state index >= 15 is 0 Å². The van der Waals surface area contributed by atoms with Crippen molar-refractivity contribution in [1.82, 2.24) is 4.90 Å². The van der Waals surface area contributed by atoms with Crippen LogP contribution in [0.1, 0.15) is 13.3 Å². The number of aliphatic carboxylic acids is 1. The van der Waals surface area contributed by atoms with E-state index in [1.807, 2.05) is 0 Å². The number of carbonyl (C=O) groups is 3. The molecule has 0 saturated carbocycles. The van der Waals surface area contributed by atoms with Gasteiger partial charge < -0.3 is 15.6 Å². The quantitative estimate of drug-likeness (QED) is 0.420. The van der Waals surface area contributed by atoms with E-state index in [1.54, 1.807) is 6.08 Å². The summed E-state index contributed by atoms with van der Waals surface area (Å²) in [5, 5.41) is 8.92. The molecule has 7 nitrogen and oxygen atoms in total. The van der Waals surface area contributed by atoms with Crippen molar-refractivity contribution in [2.75, 3.05) is 12.4 Å². The average molecular weight is 312 g/mol. The van der Waals surface area contributed by atoms with Gasteiger partial charge in [0, 0.05) is 18.2 Å². The van der Waals surface area contributed by atoms with Crippen molar-refractivity contribution in [1.29, 1.82) is 0 Å². The summed E-state index contributed by atoms with van der Waals surface area (Å²) in [6, 6.07) is 0. The summed E-state index contributed by atoms with van der Waals surface area (Å²) in [6.45, 7) is 4.67. The first kappa shape index (κ1) is 15.6. The number of hydrogen-bond donors (Lipinski definition) is 2. The van der Waals surface area contributed by atoms with Gasteiger partial charge in [-0.1, -0.05) is 6.08 Å². The first-order valence-corrected chi connectivity index (χ1v) is 7.31. The van der Waals surface area contributed by atoms with Crippen molar-refractivity contribution < 1.29 is 24.2 Å². The number of esters is 1. The van der Waals surface area contributed by atoms with Crippen molar-refractivity contribution in [2.45, 2.75) is 24.3 Å². The van der Waals surface area contributed by atoms with Crippen LogP contribution >= 0.6 is 11.8 Å². The molecule has 0 spiro atoms.